The van der Waals surface area contributed by atoms with Gasteiger partial charge >= 0.3 is 5.97 Å². The van der Waals surface area contributed by atoms with E-state index in [0.717, 1.165) is 32.6 Å². The fourth-order valence-electron chi connectivity index (χ4n) is 2.44. The maximum Gasteiger partial charge on any atom is 0.324 e. The van der Waals surface area contributed by atoms with Crippen LogP contribution in [-0.4, -0.2) is 74.7 Å². The van der Waals surface area contributed by atoms with Crippen molar-refractivity contribution in [1.82, 2.24) is 15.1 Å². The molecule has 0 aromatic carbocycles. The molecule has 1 heterocycles. The monoisotopic (exact) mass is 271 g/mol. The summed E-state index contributed by atoms with van der Waals surface area (Å²) < 4.78 is 5.15. The summed E-state index contributed by atoms with van der Waals surface area (Å²) in [6.07, 6.45) is 2.20. The Morgan fingerprint density at radius 2 is 2.21 bits per heavy atom. The Bertz CT molecular complexity index is 271. The summed E-state index contributed by atoms with van der Waals surface area (Å²) in [6.45, 7) is 8.12. The predicted molar refractivity (Wildman–Crippen MR) is 77.2 cm³/mol. The molecule has 0 aromatic rings. The summed E-state index contributed by atoms with van der Waals surface area (Å²) in [4.78, 5) is 16.5. The molecule has 1 aliphatic rings. The highest BCUT2D eigenvalue weighted by atomic mass is 16.5. The van der Waals surface area contributed by atoms with Gasteiger partial charge < -0.3 is 15.0 Å². The van der Waals surface area contributed by atoms with Crippen molar-refractivity contribution in [2.45, 2.75) is 38.8 Å². The number of nitrogens with one attached hydrogen (secondary N) is 1. The van der Waals surface area contributed by atoms with Gasteiger partial charge in [-0.05, 0) is 47.0 Å². The lowest BCUT2D eigenvalue weighted by molar-refractivity contribution is -0.146. The van der Waals surface area contributed by atoms with Gasteiger partial charge in [-0.3, -0.25) is 9.69 Å². The number of ether oxygens (including phenoxy) is 1. The van der Waals surface area contributed by atoms with E-state index in [1.165, 1.54) is 6.42 Å². The third-order valence-corrected chi connectivity index (χ3v) is 3.63. The summed E-state index contributed by atoms with van der Waals surface area (Å²) in [5.74, 6) is -0.121. The SMILES string of the molecule is CCCNC(CN1CCC(N(C)C)C1)C(=O)OCC. The first-order valence-electron chi connectivity index (χ1n) is 7.37. The topological polar surface area (TPSA) is 44.8 Å². The Balaban J connectivity index is 2.45. The van der Waals surface area contributed by atoms with Crippen molar-refractivity contribution in [3.8, 4) is 0 Å². The van der Waals surface area contributed by atoms with E-state index in [1.807, 2.05) is 6.92 Å². The van der Waals surface area contributed by atoms with Gasteiger partial charge in [-0.15, -0.1) is 0 Å². The number of hydrogen-bond acceptors (Lipinski definition) is 5. The normalized spacial score (nSPS) is 21.8. The van der Waals surface area contributed by atoms with Crippen molar-refractivity contribution < 1.29 is 9.53 Å². The van der Waals surface area contributed by atoms with Crippen molar-refractivity contribution >= 4 is 5.97 Å². The van der Waals surface area contributed by atoms with E-state index in [1.54, 1.807) is 0 Å². The van der Waals surface area contributed by atoms with Gasteiger partial charge in [0, 0.05) is 19.1 Å². The maximum absolute atomic E-state index is 11.9. The number of likely N-dealkylation sites (tertiary alicyclic amines) is 1. The molecule has 0 amide bonds. The molecule has 1 N–H and O–H groups in total. The third-order valence-electron chi connectivity index (χ3n) is 3.63. The van der Waals surface area contributed by atoms with Gasteiger partial charge in [0.15, 0.2) is 0 Å². The Morgan fingerprint density at radius 1 is 1.47 bits per heavy atom. The predicted octanol–water partition coefficient (Wildman–Crippen LogP) is 0.554. The van der Waals surface area contributed by atoms with Crippen molar-refractivity contribution in [2.75, 3.05) is 46.9 Å². The number of likely N-dealkylation sites (N-methyl/N-ethyl adjacent to an activating group) is 1. The van der Waals surface area contributed by atoms with E-state index in [2.05, 4.69) is 36.1 Å². The first-order chi connectivity index (χ1) is 9.08. The quantitative estimate of drug-likeness (QED) is 0.653. The molecular weight excluding hydrogens is 242 g/mol. The van der Waals surface area contributed by atoms with E-state index >= 15 is 0 Å². The largest absolute Gasteiger partial charge is 0.465 e. The zero-order valence-electron chi connectivity index (χ0n) is 12.8. The highest BCUT2D eigenvalue weighted by Crippen LogP contribution is 2.13. The first-order valence-corrected chi connectivity index (χ1v) is 7.37. The molecule has 1 saturated heterocycles. The first kappa shape index (κ1) is 16.4. The summed E-state index contributed by atoms with van der Waals surface area (Å²) in [5, 5.41) is 3.30. The number of carbonyl (C=O) groups is 1. The van der Waals surface area contributed by atoms with Crippen LogP contribution in [0.15, 0.2) is 0 Å². The van der Waals surface area contributed by atoms with Gasteiger partial charge in [-0.25, -0.2) is 0 Å². The number of rotatable bonds is 8. The van der Waals surface area contributed by atoms with Crippen LogP contribution in [0.2, 0.25) is 0 Å². The zero-order valence-corrected chi connectivity index (χ0v) is 12.8. The second-order valence-corrected chi connectivity index (χ2v) is 5.42. The van der Waals surface area contributed by atoms with E-state index in [-0.39, 0.29) is 12.0 Å². The van der Waals surface area contributed by atoms with Crippen molar-refractivity contribution in [3.63, 3.8) is 0 Å². The molecule has 0 bridgehead atoms. The number of nitrogens with zero attached hydrogens (tertiary/aromatic N) is 2. The Labute approximate surface area is 117 Å². The summed E-state index contributed by atoms with van der Waals surface area (Å²) >= 11 is 0. The zero-order chi connectivity index (χ0) is 14.3. The average molecular weight is 271 g/mol. The minimum absolute atomic E-state index is 0.121. The van der Waals surface area contributed by atoms with Gasteiger partial charge in [0.2, 0.25) is 0 Å². The van der Waals surface area contributed by atoms with Crippen LogP contribution >= 0.6 is 0 Å². The second kappa shape index (κ2) is 8.51. The Morgan fingerprint density at radius 3 is 2.74 bits per heavy atom. The second-order valence-electron chi connectivity index (χ2n) is 5.42. The molecule has 0 spiro atoms. The highest BCUT2D eigenvalue weighted by Gasteiger charge is 2.28. The molecule has 0 saturated carbocycles. The lowest BCUT2D eigenvalue weighted by Gasteiger charge is -2.24. The molecule has 5 nitrogen and oxygen atoms in total. The average Bonchev–Trinajstić information content (AvgIpc) is 2.83. The number of esters is 1. The number of carbonyl (C=O) groups excluding carboxylic acids is 1. The van der Waals surface area contributed by atoms with E-state index in [0.29, 0.717) is 12.6 Å². The van der Waals surface area contributed by atoms with Gasteiger partial charge in [0.05, 0.1) is 6.61 Å². The maximum atomic E-state index is 11.9. The molecule has 1 rings (SSSR count). The van der Waals surface area contributed by atoms with E-state index < -0.39 is 0 Å². The highest BCUT2D eigenvalue weighted by molar-refractivity contribution is 5.76. The van der Waals surface area contributed by atoms with Crippen LogP contribution in [0.3, 0.4) is 0 Å². The van der Waals surface area contributed by atoms with Crippen molar-refractivity contribution in [3.05, 3.63) is 0 Å². The minimum Gasteiger partial charge on any atom is -0.465 e. The third kappa shape index (κ3) is 5.47. The number of hydrogen-bond donors (Lipinski definition) is 1. The minimum atomic E-state index is -0.194. The molecule has 1 fully saturated rings. The van der Waals surface area contributed by atoms with Crippen LogP contribution in [0.4, 0.5) is 0 Å². The summed E-state index contributed by atoms with van der Waals surface area (Å²) in [5.41, 5.74) is 0. The van der Waals surface area contributed by atoms with Gasteiger partial charge in [-0.2, -0.15) is 0 Å². The smallest absolute Gasteiger partial charge is 0.324 e. The molecule has 0 radical (unpaired) electrons. The molecule has 5 heteroatoms. The fraction of sp³-hybridized carbons (Fsp3) is 0.929. The molecule has 0 aromatic heterocycles. The molecule has 112 valence electrons. The van der Waals surface area contributed by atoms with Crippen LogP contribution in [-0.2, 0) is 9.53 Å². The molecule has 2 unspecified atom stereocenters. The van der Waals surface area contributed by atoms with Gasteiger partial charge in [0.1, 0.15) is 6.04 Å². The Kier molecular flexibility index (Phi) is 7.34. The van der Waals surface area contributed by atoms with Crippen LogP contribution in [0.1, 0.15) is 26.7 Å². The van der Waals surface area contributed by atoms with Crippen LogP contribution in [0, 0.1) is 0 Å². The van der Waals surface area contributed by atoms with Crippen molar-refractivity contribution in [1.29, 1.82) is 0 Å². The van der Waals surface area contributed by atoms with E-state index in [9.17, 15) is 4.79 Å². The molecule has 19 heavy (non-hydrogen) atoms. The molecule has 0 aliphatic carbocycles. The van der Waals surface area contributed by atoms with Crippen LogP contribution in [0.25, 0.3) is 0 Å². The standard InChI is InChI=1S/C14H29N3O2/c1-5-8-15-13(14(18)19-6-2)11-17-9-7-12(10-17)16(3)4/h12-13,15H,5-11H2,1-4H3. The lowest BCUT2D eigenvalue weighted by atomic mass is 10.2. The molecule has 1 aliphatic heterocycles. The van der Waals surface area contributed by atoms with Crippen molar-refractivity contribution in [2.24, 2.45) is 0 Å². The van der Waals surface area contributed by atoms with E-state index in [4.69, 9.17) is 4.74 Å². The van der Waals surface area contributed by atoms with Crippen LogP contribution in [0.5, 0.6) is 0 Å². The summed E-state index contributed by atoms with van der Waals surface area (Å²) in [6, 6.07) is 0.412. The lowest BCUT2D eigenvalue weighted by Crippen LogP contribution is -2.47. The van der Waals surface area contributed by atoms with Gasteiger partial charge in [-0.1, -0.05) is 6.92 Å². The van der Waals surface area contributed by atoms with Crippen LogP contribution < -0.4 is 5.32 Å². The summed E-state index contributed by atoms with van der Waals surface area (Å²) in [7, 11) is 4.23. The van der Waals surface area contributed by atoms with Gasteiger partial charge in [0.25, 0.3) is 0 Å². The Hall–Kier alpha value is -0.650. The molecule has 2 atom stereocenters. The fourth-order valence-corrected chi connectivity index (χ4v) is 2.44. The molecular formula is C14H29N3O2.